The predicted octanol–water partition coefficient (Wildman–Crippen LogP) is 3.29. The molecule has 9 nitrogen and oxygen atoms in total. The number of hydrogen-bond donors (Lipinski definition) is 3. The van der Waals surface area contributed by atoms with Crippen molar-refractivity contribution in [1.82, 2.24) is 9.62 Å². The number of anilines is 1. The molecular weight excluding hydrogens is 462 g/mol. The van der Waals surface area contributed by atoms with Gasteiger partial charge in [-0.15, -0.1) is 0 Å². The van der Waals surface area contributed by atoms with Gasteiger partial charge in [-0.3, -0.25) is 10.3 Å². The van der Waals surface area contributed by atoms with Crippen LogP contribution in [0, 0.1) is 0 Å². The highest BCUT2D eigenvalue weighted by atomic mass is 32.2. The Kier molecular flexibility index (Phi) is 7.98. The number of amides is 1. The predicted molar refractivity (Wildman–Crippen MR) is 133 cm³/mol. The van der Waals surface area contributed by atoms with E-state index in [0.717, 1.165) is 31.1 Å². The van der Waals surface area contributed by atoms with Crippen LogP contribution in [0.1, 0.15) is 58.3 Å². The smallest absolute Gasteiger partial charge is 0.411 e. The van der Waals surface area contributed by atoms with Crippen molar-refractivity contribution in [3.05, 3.63) is 23.8 Å². The third kappa shape index (κ3) is 7.08. The monoisotopic (exact) mass is 497 g/mol. The number of rotatable bonds is 5. The van der Waals surface area contributed by atoms with Crippen LogP contribution in [0.25, 0.3) is 0 Å². The molecule has 3 rings (SSSR count). The van der Waals surface area contributed by atoms with Crippen LogP contribution in [0.4, 0.5) is 10.5 Å². The van der Waals surface area contributed by atoms with Crippen molar-refractivity contribution in [1.29, 1.82) is 0 Å². The van der Waals surface area contributed by atoms with E-state index in [1.165, 1.54) is 6.07 Å². The van der Waals surface area contributed by atoms with Crippen molar-refractivity contribution >= 4 is 38.7 Å². The number of nitrogens with one attached hydrogen (secondary N) is 2. The number of nitrogens with two attached hydrogens (primary N) is 1. The number of piperidine rings is 1. The molecule has 0 spiro atoms. The molecule has 0 aromatic heterocycles. The fourth-order valence-corrected chi connectivity index (χ4v) is 6.73. The molecule has 11 heteroatoms. The van der Waals surface area contributed by atoms with Gasteiger partial charge in [-0.1, -0.05) is 17.8 Å². The Morgan fingerprint density at radius 2 is 1.94 bits per heavy atom. The second-order valence-electron chi connectivity index (χ2n) is 9.74. The van der Waals surface area contributed by atoms with Crippen LogP contribution >= 0.6 is 11.8 Å². The van der Waals surface area contributed by atoms with Crippen molar-refractivity contribution < 1.29 is 17.9 Å². The largest absolute Gasteiger partial charge is 0.447 e. The standard InChI is InChI=1S/C22H35N5O4S2/c1-14(2)31-21(28)25-16-6-7-17(19(12-16)33(29,30)26-22(3,4)5)18-13-24-20(32-18)27-10-8-15(23)9-11-27/h6-7,12,14-15,18,26H,8-11,13,23H2,1-5H3,(H,25,28). The number of likely N-dealkylation sites (tertiary alicyclic amines) is 1. The number of carbonyl (C=O) groups excluding carboxylic acids is 1. The Balaban J connectivity index is 1.87. The van der Waals surface area contributed by atoms with Gasteiger partial charge in [0.25, 0.3) is 0 Å². The van der Waals surface area contributed by atoms with Gasteiger partial charge in [0.05, 0.1) is 22.8 Å². The average molecular weight is 498 g/mol. The molecule has 0 bridgehead atoms. The molecule has 4 N–H and O–H groups in total. The molecule has 1 aromatic rings. The summed E-state index contributed by atoms with van der Waals surface area (Å²) in [5.74, 6) is 0. The third-order valence-electron chi connectivity index (χ3n) is 5.13. The number of aliphatic imine (C=N–C) groups is 1. The molecular formula is C22H35N5O4S2. The molecule has 0 saturated carbocycles. The highest BCUT2D eigenvalue weighted by Crippen LogP contribution is 2.40. The minimum atomic E-state index is -3.85. The molecule has 0 aliphatic carbocycles. The molecule has 1 aromatic carbocycles. The zero-order valence-corrected chi connectivity index (χ0v) is 21.6. The number of nitrogens with zero attached hydrogens (tertiary/aromatic N) is 2. The Morgan fingerprint density at radius 1 is 1.27 bits per heavy atom. The SMILES string of the molecule is CC(C)OC(=O)Nc1ccc(C2CN=C(N3CCC(N)CC3)S2)c(S(=O)(=O)NC(C)(C)C)c1. The van der Waals surface area contributed by atoms with Crippen LogP contribution in [0.3, 0.4) is 0 Å². The van der Waals surface area contributed by atoms with Gasteiger partial charge in [-0.05, 0) is 65.2 Å². The molecule has 1 amide bonds. The van der Waals surface area contributed by atoms with E-state index in [0.29, 0.717) is 17.8 Å². The van der Waals surface area contributed by atoms with Crippen LogP contribution in [-0.4, -0.2) is 61.9 Å². The molecule has 33 heavy (non-hydrogen) atoms. The Labute approximate surface area is 201 Å². The topological polar surface area (TPSA) is 126 Å². The molecule has 184 valence electrons. The first-order valence-electron chi connectivity index (χ1n) is 11.2. The Hall–Kier alpha value is -1.82. The zero-order valence-electron chi connectivity index (χ0n) is 19.9. The average Bonchev–Trinajstić information content (AvgIpc) is 3.16. The van der Waals surface area contributed by atoms with Gasteiger partial charge in [0.1, 0.15) is 0 Å². The molecule has 0 radical (unpaired) electrons. The van der Waals surface area contributed by atoms with Gasteiger partial charge < -0.3 is 15.4 Å². The summed E-state index contributed by atoms with van der Waals surface area (Å²) >= 11 is 1.58. The second kappa shape index (κ2) is 10.2. The summed E-state index contributed by atoms with van der Waals surface area (Å²) < 4.78 is 34.5. The van der Waals surface area contributed by atoms with E-state index in [1.807, 2.05) is 0 Å². The number of thioether (sulfide) groups is 1. The first-order chi connectivity index (χ1) is 15.3. The van der Waals surface area contributed by atoms with Crippen molar-refractivity contribution in [3.8, 4) is 0 Å². The Morgan fingerprint density at radius 3 is 2.55 bits per heavy atom. The van der Waals surface area contributed by atoms with Crippen LogP contribution < -0.4 is 15.8 Å². The van der Waals surface area contributed by atoms with Crippen molar-refractivity contribution in [2.24, 2.45) is 10.7 Å². The lowest BCUT2D eigenvalue weighted by Gasteiger charge is -2.31. The summed E-state index contributed by atoms with van der Waals surface area (Å²) in [6.45, 7) is 11.1. The first-order valence-corrected chi connectivity index (χ1v) is 13.6. The zero-order chi connectivity index (χ0) is 24.4. The van der Waals surface area contributed by atoms with Crippen LogP contribution in [0.2, 0.25) is 0 Å². The molecule has 1 fully saturated rings. The second-order valence-corrected chi connectivity index (χ2v) is 12.6. The summed E-state index contributed by atoms with van der Waals surface area (Å²) in [4.78, 5) is 19.1. The molecule has 1 unspecified atom stereocenters. The fraction of sp³-hybridized carbons (Fsp3) is 0.636. The maximum Gasteiger partial charge on any atom is 0.411 e. The van der Waals surface area contributed by atoms with Gasteiger partial charge in [-0.25, -0.2) is 17.9 Å². The number of benzene rings is 1. The van der Waals surface area contributed by atoms with E-state index in [4.69, 9.17) is 15.5 Å². The molecule has 1 atom stereocenters. The summed E-state index contributed by atoms with van der Waals surface area (Å²) in [6, 6.07) is 5.17. The third-order valence-corrected chi connectivity index (χ3v) is 8.23. The van der Waals surface area contributed by atoms with E-state index < -0.39 is 21.7 Å². The van der Waals surface area contributed by atoms with Gasteiger partial charge >= 0.3 is 6.09 Å². The molecule has 2 aliphatic heterocycles. The van der Waals surface area contributed by atoms with E-state index in [9.17, 15) is 13.2 Å². The summed E-state index contributed by atoms with van der Waals surface area (Å²) in [7, 11) is -3.85. The minimum Gasteiger partial charge on any atom is -0.447 e. The number of sulfonamides is 1. The van der Waals surface area contributed by atoms with Gasteiger partial charge in [0, 0.05) is 30.4 Å². The van der Waals surface area contributed by atoms with Gasteiger partial charge in [0.2, 0.25) is 10.0 Å². The Bertz CT molecular complexity index is 997. The highest BCUT2D eigenvalue weighted by molar-refractivity contribution is 8.14. The van der Waals surface area contributed by atoms with Crippen LogP contribution in [-0.2, 0) is 14.8 Å². The maximum atomic E-state index is 13.3. The number of ether oxygens (including phenoxy) is 1. The van der Waals surface area contributed by atoms with Crippen LogP contribution in [0.15, 0.2) is 28.1 Å². The van der Waals surface area contributed by atoms with Crippen molar-refractivity contribution in [2.45, 2.75) is 75.3 Å². The molecule has 2 aliphatic rings. The van der Waals surface area contributed by atoms with Gasteiger partial charge in [-0.2, -0.15) is 0 Å². The lowest BCUT2D eigenvalue weighted by Crippen LogP contribution is -2.41. The van der Waals surface area contributed by atoms with E-state index in [-0.39, 0.29) is 22.3 Å². The quantitative estimate of drug-likeness (QED) is 0.570. The molecule has 1 saturated heterocycles. The number of amidine groups is 1. The summed E-state index contributed by atoms with van der Waals surface area (Å²) in [5.41, 5.74) is 6.38. The van der Waals surface area contributed by atoms with Crippen LogP contribution in [0.5, 0.6) is 0 Å². The highest BCUT2D eigenvalue weighted by Gasteiger charge is 2.33. The first kappa shape index (κ1) is 25.8. The molecule has 2 heterocycles. The van der Waals surface area contributed by atoms with E-state index in [1.54, 1.807) is 58.5 Å². The van der Waals surface area contributed by atoms with Crippen molar-refractivity contribution in [2.75, 3.05) is 25.0 Å². The lowest BCUT2D eigenvalue weighted by atomic mass is 10.1. The van der Waals surface area contributed by atoms with E-state index in [2.05, 4.69) is 14.9 Å². The summed E-state index contributed by atoms with van der Waals surface area (Å²) in [6.07, 6.45) is 0.928. The summed E-state index contributed by atoms with van der Waals surface area (Å²) in [5, 5.41) is 3.41. The maximum absolute atomic E-state index is 13.3. The van der Waals surface area contributed by atoms with E-state index >= 15 is 0 Å². The minimum absolute atomic E-state index is 0.134. The van der Waals surface area contributed by atoms with Gasteiger partial charge in [0.15, 0.2) is 5.17 Å². The number of hydrogen-bond acceptors (Lipinski definition) is 8. The lowest BCUT2D eigenvalue weighted by molar-refractivity contribution is 0.130. The normalized spacial score (nSPS) is 20.2. The van der Waals surface area contributed by atoms with Crippen molar-refractivity contribution in [3.63, 3.8) is 0 Å². The number of carbonyl (C=O) groups is 1. The fourth-order valence-electron chi connectivity index (χ4n) is 3.72.